The molecule has 1 N–H and O–H groups in total. The predicted molar refractivity (Wildman–Crippen MR) is 124 cm³/mol. The summed E-state index contributed by atoms with van der Waals surface area (Å²) in [4.78, 5) is 29.2. The van der Waals surface area contributed by atoms with Crippen LogP contribution in [-0.4, -0.2) is 64.1 Å². The van der Waals surface area contributed by atoms with E-state index in [0.29, 0.717) is 51.5 Å². The topological polar surface area (TPSA) is 70.5 Å². The maximum atomic E-state index is 12.6. The van der Waals surface area contributed by atoms with Gasteiger partial charge in [0.1, 0.15) is 5.82 Å². The number of amides is 2. The Morgan fingerprint density at radius 1 is 0.906 bits per heavy atom. The highest BCUT2D eigenvalue weighted by molar-refractivity contribution is 5.91. The van der Waals surface area contributed by atoms with Crippen LogP contribution in [-0.2, 0) is 22.6 Å². The molecule has 0 spiro atoms. The molecule has 2 heterocycles. The molecule has 2 aromatic carbocycles. The number of rotatable bonds is 7. The van der Waals surface area contributed by atoms with E-state index in [1.807, 2.05) is 72.5 Å². The summed E-state index contributed by atoms with van der Waals surface area (Å²) >= 11 is 0. The molecule has 1 aliphatic heterocycles. The van der Waals surface area contributed by atoms with Crippen LogP contribution in [0.1, 0.15) is 16.7 Å². The van der Waals surface area contributed by atoms with Crippen molar-refractivity contribution in [3.05, 3.63) is 83.6 Å². The highest BCUT2D eigenvalue weighted by Crippen LogP contribution is 2.12. The Labute approximate surface area is 188 Å². The fourth-order valence-electron chi connectivity index (χ4n) is 3.85. The van der Waals surface area contributed by atoms with Crippen LogP contribution in [0.3, 0.4) is 0 Å². The second-order valence-electron chi connectivity index (χ2n) is 8.23. The zero-order chi connectivity index (χ0) is 22.3. The Bertz CT molecular complexity index is 1040. The summed E-state index contributed by atoms with van der Waals surface area (Å²) < 4.78 is 1.79. The van der Waals surface area contributed by atoms with Gasteiger partial charge in [0.05, 0.1) is 25.7 Å². The first kappa shape index (κ1) is 21.8. The van der Waals surface area contributed by atoms with Gasteiger partial charge in [0.2, 0.25) is 11.8 Å². The first-order valence-corrected chi connectivity index (χ1v) is 11.0. The number of anilines is 1. The van der Waals surface area contributed by atoms with Crippen LogP contribution >= 0.6 is 0 Å². The van der Waals surface area contributed by atoms with Crippen molar-refractivity contribution >= 4 is 17.6 Å². The second-order valence-corrected chi connectivity index (χ2v) is 8.23. The molecule has 7 nitrogen and oxygen atoms in total. The molecule has 0 aliphatic carbocycles. The molecule has 1 aliphatic rings. The predicted octanol–water partition coefficient (Wildman–Crippen LogP) is 2.57. The molecule has 0 atom stereocenters. The van der Waals surface area contributed by atoms with Crippen molar-refractivity contribution in [1.82, 2.24) is 19.6 Å². The molecule has 3 aromatic rings. The Hall–Kier alpha value is -3.45. The largest absolute Gasteiger partial charge is 0.340 e. The van der Waals surface area contributed by atoms with E-state index in [1.54, 1.807) is 10.9 Å². The zero-order valence-electron chi connectivity index (χ0n) is 18.4. The molecule has 4 rings (SSSR count). The van der Waals surface area contributed by atoms with Crippen LogP contribution in [0.15, 0.2) is 66.9 Å². The molecule has 0 bridgehead atoms. The number of hydrogen-bond donors (Lipinski definition) is 1. The first-order chi connectivity index (χ1) is 15.6. The van der Waals surface area contributed by atoms with Gasteiger partial charge in [0.15, 0.2) is 0 Å². The Morgan fingerprint density at radius 2 is 1.62 bits per heavy atom. The van der Waals surface area contributed by atoms with E-state index >= 15 is 0 Å². The highest BCUT2D eigenvalue weighted by atomic mass is 16.2. The average Bonchev–Trinajstić information content (AvgIpc) is 3.22. The van der Waals surface area contributed by atoms with Gasteiger partial charge in [0.25, 0.3) is 0 Å². The van der Waals surface area contributed by atoms with E-state index in [-0.39, 0.29) is 11.8 Å². The van der Waals surface area contributed by atoms with Crippen molar-refractivity contribution in [2.24, 2.45) is 0 Å². The van der Waals surface area contributed by atoms with Gasteiger partial charge < -0.3 is 10.2 Å². The fourth-order valence-corrected chi connectivity index (χ4v) is 3.85. The van der Waals surface area contributed by atoms with E-state index in [9.17, 15) is 9.59 Å². The highest BCUT2D eigenvalue weighted by Gasteiger charge is 2.22. The van der Waals surface area contributed by atoms with Crippen molar-refractivity contribution < 1.29 is 9.59 Å². The van der Waals surface area contributed by atoms with Crippen LogP contribution in [0.5, 0.6) is 0 Å². The van der Waals surface area contributed by atoms with E-state index in [1.165, 1.54) is 5.56 Å². The lowest BCUT2D eigenvalue weighted by molar-refractivity contribution is -0.132. The number of carbonyl (C=O) groups is 2. The number of hydrogen-bond acceptors (Lipinski definition) is 4. The number of aromatic nitrogens is 2. The molecule has 7 heteroatoms. The standard InChI is InChI=1S/C25H29N5O2/c1-20-7-9-21(10-8-20)17-25(32)29-15-13-28(14-16-29)19-24(31)27-23-11-12-26-30(23)18-22-5-3-2-4-6-22/h2-12H,13-19H2,1H3,(H,27,31). The molecule has 2 amide bonds. The van der Waals surface area contributed by atoms with Crippen LogP contribution in [0.2, 0.25) is 0 Å². The Balaban J connectivity index is 1.23. The molecule has 166 valence electrons. The summed E-state index contributed by atoms with van der Waals surface area (Å²) in [6.45, 7) is 5.61. The van der Waals surface area contributed by atoms with Crippen LogP contribution in [0.25, 0.3) is 0 Å². The van der Waals surface area contributed by atoms with Gasteiger partial charge in [0, 0.05) is 32.2 Å². The quantitative estimate of drug-likeness (QED) is 0.624. The van der Waals surface area contributed by atoms with Crippen molar-refractivity contribution in [2.75, 3.05) is 38.0 Å². The van der Waals surface area contributed by atoms with E-state index in [0.717, 1.165) is 11.1 Å². The Morgan fingerprint density at radius 3 is 2.34 bits per heavy atom. The van der Waals surface area contributed by atoms with Crippen molar-refractivity contribution in [3.63, 3.8) is 0 Å². The molecular formula is C25H29N5O2. The minimum Gasteiger partial charge on any atom is -0.340 e. The number of nitrogens with zero attached hydrogens (tertiary/aromatic N) is 4. The molecular weight excluding hydrogens is 402 g/mol. The molecule has 1 fully saturated rings. The van der Waals surface area contributed by atoms with Gasteiger partial charge >= 0.3 is 0 Å². The van der Waals surface area contributed by atoms with Crippen LogP contribution in [0.4, 0.5) is 5.82 Å². The SMILES string of the molecule is Cc1ccc(CC(=O)N2CCN(CC(=O)Nc3ccnn3Cc3ccccc3)CC2)cc1. The van der Waals surface area contributed by atoms with Crippen molar-refractivity contribution in [3.8, 4) is 0 Å². The van der Waals surface area contributed by atoms with Crippen molar-refractivity contribution in [2.45, 2.75) is 19.9 Å². The molecule has 1 aromatic heterocycles. The summed E-state index contributed by atoms with van der Waals surface area (Å²) in [5, 5.41) is 7.29. The van der Waals surface area contributed by atoms with Crippen LogP contribution < -0.4 is 5.32 Å². The van der Waals surface area contributed by atoms with E-state index in [2.05, 4.69) is 15.3 Å². The molecule has 0 radical (unpaired) electrons. The molecule has 32 heavy (non-hydrogen) atoms. The lowest BCUT2D eigenvalue weighted by Crippen LogP contribution is -2.50. The molecule has 0 saturated carbocycles. The minimum absolute atomic E-state index is 0.0701. The number of carbonyl (C=O) groups excluding carboxylic acids is 2. The minimum atomic E-state index is -0.0701. The second kappa shape index (κ2) is 10.2. The van der Waals surface area contributed by atoms with Gasteiger partial charge in [-0.25, -0.2) is 4.68 Å². The van der Waals surface area contributed by atoms with Gasteiger partial charge in [-0.3, -0.25) is 14.5 Å². The molecule has 1 saturated heterocycles. The average molecular weight is 432 g/mol. The number of benzene rings is 2. The fraction of sp³-hybridized carbons (Fsp3) is 0.320. The lowest BCUT2D eigenvalue weighted by Gasteiger charge is -2.34. The third-order valence-electron chi connectivity index (χ3n) is 5.73. The van der Waals surface area contributed by atoms with E-state index in [4.69, 9.17) is 0 Å². The summed E-state index contributed by atoms with van der Waals surface area (Å²) in [5.74, 6) is 0.757. The number of aryl methyl sites for hydroxylation is 1. The zero-order valence-corrected chi connectivity index (χ0v) is 18.4. The van der Waals surface area contributed by atoms with Gasteiger partial charge in [-0.2, -0.15) is 5.10 Å². The first-order valence-electron chi connectivity index (χ1n) is 11.0. The maximum absolute atomic E-state index is 12.6. The summed E-state index contributed by atoms with van der Waals surface area (Å²) in [6.07, 6.45) is 2.11. The monoisotopic (exact) mass is 431 g/mol. The number of piperazine rings is 1. The Kier molecular flexibility index (Phi) is 6.97. The number of nitrogens with one attached hydrogen (secondary N) is 1. The third kappa shape index (κ3) is 5.82. The third-order valence-corrected chi connectivity index (χ3v) is 5.73. The smallest absolute Gasteiger partial charge is 0.239 e. The normalized spacial score (nSPS) is 14.3. The molecule has 0 unspecified atom stereocenters. The van der Waals surface area contributed by atoms with Gasteiger partial charge in [-0.05, 0) is 18.1 Å². The van der Waals surface area contributed by atoms with Gasteiger partial charge in [-0.15, -0.1) is 0 Å². The van der Waals surface area contributed by atoms with Gasteiger partial charge in [-0.1, -0.05) is 60.2 Å². The van der Waals surface area contributed by atoms with E-state index < -0.39 is 0 Å². The summed E-state index contributed by atoms with van der Waals surface area (Å²) in [7, 11) is 0. The summed E-state index contributed by atoms with van der Waals surface area (Å²) in [5.41, 5.74) is 3.35. The van der Waals surface area contributed by atoms with Crippen molar-refractivity contribution in [1.29, 1.82) is 0 Å². The maximum Gasteiger partial charge on any atom is 0.239 e. The lowest BCUT2D eigenvalue weighted by atomic mass is 10.1. The van der Waals surface area contributed by atoms with Crippen LogP contribution in [0, 0.1) is 6.92 Å². The summed E-state index contributed by atoms with van der Waals surface area (Å²) in [6, 6.07) is 19.9.